The maximum absolute atomic E-state index is 13.7. The van der Waals surface area contributed by atoms with Crippen LogP contribution in [-0.4, -0.2) is 11.5 Å². The lowest BCUT2D eigenvalue weighted by Gasteiger charge is -2.11. The summed E-state index contributed by atoms with van der Waals surface area (Å²) in [7, 11) is 0. The molecule has 3 nitrogen and oxygen atoms in total. The molecule has 0 bridgehead atoms. The van der Waals surface area contributed by atoms with Gasteiger partial charge in [-0.05, 0) is 35.9 Å². The molecule has 0 atom stereocenters. The van der Waals surface area contributed by atoms with Crippen molar-refractivity contribution in [1.29, 1.82) is 5.26 Å². The topological polar surface area (TPSA) is 53.2 Å². The number of hydrogen-bond acceptors (Lipinski definition) is 3. The zero-order chi connectivity index (χ0) is 15.6. The van der Waals surface area contributed by atoms with Gasteiger partial charge in [0.25, 0.3) is 0 Å². The van der Waals surface area contributed by atoms with Crippen LogP contribution in [0.25, 0.3) is 11.1 Å². The number of nitrogens with zero attached hydrogens (tertiary/aromatic N) is 1. The molecule has 0 heterocycles. The Kier molecular flexibility index (Phi) is 3.72. The minimum atomic E-state index is -4.93. The highest BCUT2D eigenvalue weighted by Gasteiger charge is 2.31. The lowest BCUT2D eigenvalue weighted by atomic mass is 10.0. The highest BCUT2D eigenvalue weighted by Crippen LogP contribution is 2.33. The molecule has 0 saturated heterocycles. The molecule has 7 heteroatoms. The van der Waals surface area contributed by atoms with Gasteiger partial charge in [-0.3, -0.25) is 0 Å². The molecule has 0 unspecified atom stereocenters. The Bertz CT molecular complexity index is 720. The highest BCUT2D eigenvalue weighted by molar-refractivity contribution is 5.69. The molecule has 0 aliphatic heterocycles. The summed E-state index contributed by atoms with van der Waals surface area (Å²) >= 11 is 0. The fraction of sp³-hybridized carbons (Fsp3) is 0.0714. The van der Waals surface area contributed by atoms with Crippen LogP contribution in [0, 0.1) is 17.1 Å². The Morgan fingerprint density at radius 1 is 1.10 bits per heavy atom. The third-order valence-corrected chi connectivity index (χ3v) is 2.53. The molecule has 0 aromatic heterocycles. The predicted molar refractivity (Wildman–Crippen MR) is 64.9 cm³/mol. The maximum atomic E-state index is 13.7. The minimum Gasteiger partial charge on any atom is -0.508 e. The van der Waals surface area contributed by atoms with E-state index in [0.717, 1.165) is 24.3 Å². The number of phenols is 1. The quantitative estimate of drug-likeness (QED) is 0.853. The number of halogens is 4. The van der Waals surface area contributed by atoms with E-state index in [2.05, 4.69) is 4.74 Å². The van der Waals surface area contributed by atoms with Gasteiger partial charge in [-0.15, -0.1) is 13.2 Å². The van der Waals surface area contributed by atoms with E-state index in [1.54, 1.807) is 6.07 Å². The molecule has 0 amide bonds. The molecule has 0 aliphatic rings. The van der Waals surface area contributed by atoms with Crippen molar-refractivity contribution < 1.29 is 27.4 Å². The lowest BCUT2D eigenvalue weighted by Crippen LogP contribution is -2.17. The summed E-state index contributed by atoms with van der Waals surface area (Å²) in [4.78, 5) is 0. The molecule has 0 saturated carbocycles. The van der Waals surface area contributed by atoms with Crippen molar-refractivity contribution in [3.05, 3.63) is 47.8 Å². The van der Waals surface area contributed by atoms with Crippen molar-refractivity contribution in [2.45, 2.75) is 6.36 Å². The summed E-state index contributed by atoms with van der Waals surface area (Å²) < 4.78 is 54.0. The number of nitriles is 1. The standard InChI is InChI=1S/C14H7F4NO2/c15-13-2-1-8(7-19)3-12(13)9-4-10(20)6-11(5-9)21-14(16,17)18/h1-6,20H. The van der Waals surface area contributed by atoms with Crippen LogP contribution < -0.4 is 4.74 Å². The Hall–Kier alpha value is -2.75. The second kappa shape index (κ2) is 5.32. The molecule has 108 valence electrons. The monoisotopic (exact) mass is 297 g/mol. The van der Waals surface area contributed by atoms with Crippen molar-refractivity contribution in [1.82, 2.24) is 0 Å². The van der Waals surface area contributed by atoms with E-state index in [4.69, 9.17) is 5.26 Å². The smallest absolute Gasteiger partial charge is 0.508 e. The largest absolute Gasteiger partial charge is 0.573 e. The Balaban J connectivity index is 2.52. The number of rotatable bonds is 2. The Labute approximate surface area is 116 Å². The number of ether oxygens (including phenoxy) is 1. The van der Waals surface area contributed by atoms with Crippen LogP contribution in [0.1, 0.15) is 5.56 Å². The van der Waals surface area contributed by atoms with Gasteiger partial charge in [0.15, 0.2) is 0 Å². The van der Waals surface area contributed by atoms with E-state index in [0.29, 0.717) is 0 Å². The normalized spacial score (nSPS) is 11.0. The molecule has 21 heavy (non-hydrogen) atoms. The van der Waals surface area contributed by atoms with Crippen molar-refractivity contribution in [2.24, 2.45) is 0 Å². The van der Waals surface area contributed by atoms with Gasteiger partial charge in [0.05, 0.1) is 11.6 Å². The van der Waals surface area contributed by atoms with Gasteiger partial charge < -0.3 is 9.84 Å². The van der Waals surface area contributed by atoms with Crippen LogP contribution in [0.5, 0.6) is 11.5 Å². The number of benzene rings is 2. The summed E-state index contributed by atoms with van der Waals surface area (Å²) in [5.41, 5.74) is -0.0196. The third-order valence-electron chi connectivity index (χ3n) is 2.53. The van der Waals surface area contributed by atoms with Crippen LogP contribution in [0.3, 0.4) is 0 Å². The van der Waals surface area contributed by atoms with Crippen LogP contribution in [0.4, 0.5) is 17.6 Å². The van der Waals surface area contributed by atoms with E-state index < -0.39 is 23.7 Å². The predicted octanol–water partition coefficient (Wildman–Crippen LogP) is 3.97. The van der Waals surface area contributed by atoms with Gasteiger partial charge in [-0.2, -0.15) is 5.26 Å². The first-order valence-electron chi connectivity index (χ1n) is 5.58. The fourth-order valence-electron chi connectivity index (χ4n) is 1.75. The molecule has 2 aromatic rings. The van der Waals surface area contributed by atoms with E-state index >= 15 is 0 Å². The van der Waals surface area contributed by atoms with Crippen molar-refractivity contribution >= 4 is 0 Å². The number of aromatic hydroxyl groups is 1. The summed E-state index contributed by atoms with van der Waals surface area (Å²) in [6.45, 7) is 0. The van der Waals surface area contributed by atoms with Crippen molar-refractivity contribution in [3.63, 3.8) is 0 Å². The van der Waals surface area contributed by atoms with Gasteiger partial charge in [0, 0.05) is 11.6 Å². The average molecular weight is 297 g/mol. The second-order valence-electron chi connectivity index (χ2n) is 4.07. The molecule has 2 rings (SSSR count). The summed E-state index contributed by atoms with van der Waals surface area (Å²) in [5, 5.41) is 18.2. The number of hydrogen-bond donors (Lipinski definition) is 1. The van der Waals surface area contributed by atoms with Crippen LogP contribution >= 0.6 is 0 Å². The Morgan fingerprint density at radius 3 is 2.43 bits per heavy atom. The molecule has 2 aromatic carbocycles. The van der Waals surface area contributed by atoms with E-state index in [1.807, 2.05) is 0 Å². The van der Waals surface area contributed by atoms with Gasteiger partial charge in [-0.25, -0.2) is 4.39 Å². The van der Waals surface area contributed by atoms with Crippen LogP contribution in [0.15, 0.2) is 36.4 Å². The SMILES string of the molecule is N#Cc1ccc(F)c(-c2cc(O)cc(OC(F)(F)F)c2)c1. The van der Waals surface area contributed by atoms with Crippen LogP contribution in [-0.2, 0) is 0 Å². The first-order valence-corrected chi connectivity index (χ1v) is 5.58. The maximum Gasteiger partial charge on any atom is 0.573 e. The summed E-state index contributed by atoms with van der Waals surface area (Å²) in [6, 6.07) is 7.96. The third kappa shape index (κ3) is 3.63. The first kappa shape index (κ1) is 14.7. The second-order valence-corrected chi connectivity index (χ2v) is 4.07. The molecule has 0 aliphatic carbocycles. The van der Waals surface area contributed by atoms with Crippen LogP contribution in [0.2, 0.25) is 0 Å². The first-order chi connectivity index (χ1) is 9.78. The van der Waals surface area contributed by atoms with Gasteiger partial charge in [0.2, 0.25) is 0 Å². The van der Waals surface area contributed by atoms with E-state index in [9.17, 15) is 22.7 Å². The summed E-state index contributed by atoms with van der Waals surface area (Å²) in [5.74, 6) is -1.94. The molecular weight excluding hydrogens is 290 g/mol. The molecule has 1 N–H and O–H groups in total. The van der Waals surface area contributed by atoms with E-state index in [1.165, 1.54) is 12.1 Å². The summed E-state index contributed by atoms with van der Waals surface area (Å²) in [6.07, 6.45) is -4.93. The highest BCUT2D eigenvalue weighted by atomic mass is 19.4. The fourth-order valence-corrected chi connectivity index (χ4v) is 1.75. The van der Waals surface area contributed by atoms with Gasteiger partial charge in [-0.1, -0.05) is 0 Å². The van der Waals surface area contributed by atoms with Gasteiger partial charge in [0.1, 0.15) is 17.3 Å². The average Bonchev–Trinajstić information content (AvgIpc) is 2.36. The van der Waals surface area contributed by atoms with Crippen molar-refractivity contribution in [2.75, 3.05) is 0 Å². The van der Waals surface area contributed by atoms with Crippen molar-refractivity contribution in [3.8, 4) is 28.7 Å². The number of phenolic OH excluding ortho intramolecular Hbond substituents is 1. The molecule has 0 radical (unpaired) electrons. The zero-order valence-corrected chi connectivity index (χ0v) is 10.3. The molecule has 0 fully saturated rings. The molecule has 0 spiro atoms. The minimum absolute atomic E-state index is 0.0381. The number of alkyl halides is 3. The zero-order valence-electron chi connectivity index (χ0n) is 10.3. The van der Waals surface area contributed by atoms with Gasteiger partial charge >= 0.3 is 6.36 Å². The lowest BCUT2D eigenvalue weighted by molar-refractivity contribution is -0.274. The van der Waals surface area contributed by atoms with E-state index in [-0.39, 0.29) is 16.7 Å². The Morgan fingerprint density at radius 2 is 1.81 bits per heavy atom. The molecular formula is C14H7F4NO2.